The molecule has 0 N–H and O–H groups in total. The second-order valence-corrected chi connectivity index (χ2v) is 11.5. The van der Waals surface area contributed by atoms with Crippen LogP contribution in [-0.2, 0) is 28.9 Å². The fourth-order valence-corrected chi connectivity index (χ4v) is 5.74. The number of amides is 2. The molecule has 0 unspecified atom stereocenters. The number of ether oxygens (including phenoxy) is 3. The monoisotopic (exact) mass is 594 g/mol. The van der Waals surface area contributed by atoms with Gasteiger partial charge in [0, 0.05) is 37.2 Å². The van der Waals surface area contributed by atoms with E-state index < -0.39 is 0 Å². The second-order valence-electron chi connectivity index (χ2n) is 10.5. The molecule has 0 saturated heterocycles. The van der Waals surface area contributed by atoms with Crippen LogP contribution in [0, 0.1) is 6.92 Å². The lowest BCUT2D eigenvalue weighted by Gasteiger charge is -2.28. The minimum atomic E-state index is -0.133. The molecule has 0 bridgehead atoms. The second kappa shape index (κ2) is 17.6. The van der Waals surface area contributed by atoms with E-state index in [-0.39, 0.29) is 18.4 Å². The molecule has 228 valence electrons. The summed E-state index contributed by atoms with van der Waals surface area (Å²) in [6, 6.07) is 15.7. The number of aryl methyl sites for hydroxylation is 2. The topological polar surface area (TPSA) is 68.3 Å². The largest absolute Gasteiger partial charge is 0.493 e. The van der Waals surface area contributed by atoms with Gasteiger partial charge in [0.15, 0.2) is 11.5 Å². The molecule has 1 heterocycles. The first kappa shape index (κ1) is 33.1. The van der Waals surface area contributed by atoms with Gasteiger partial charge in [0.25, 0.3) is 5.91 Å². The normalized spacial score (nSPS) is 10.9. The van der Waals surface area contributed by atoms with E-state index in [1.165, 1.54) is 18.4 Å². The summed E-state index contributed by atoms with van der Waals surface area (Å²) in [7, 11) is 4.88. The standard InChI is InChI=1S/C34H46N2O5S/c1-6-7-8-10-27-11-14-29(15-12-27)34(38)36(19-9-21-39-3)25-33(37)35(24-32-26(2)18-22-42-32)20-17-28-13-16-30(40-4)31(23-28)41-5/h11-16,18,22-23H,6-10,17,19-21,24-25H2,1-5H3. The van der Waals surface area contributed by atoms with Crippen molar-refractivity contribution in [2.75, 3.05) is 47.6 Å². The lowest BCUT2D eigenvalue weighted by Crippen LogP contribution is -2.44. The average molecular weight is 595 g/mol. The van der Waals surface area contributed by atoms with Crippen LogP contribution in [0.4, 0.5) is 0 Å². The third kappa shape index (κ3) is 9.88. The minimum absolute atomic E-state index is 0.0111. The third-order valence-corrected chi connectivity index (χ3v) is 8.44. The van der Waals surface area contributed by atoms with E-state index in [1.54, 1.807) is 37.6 Å². The predicted octanol–water partition coefficient (Wildman–Crippen LogP) is 6.56. The summed E-state index contributed by atoms with van der Waals surface area (Å²) >= 11 is 1.65. The summed E-state index contributed by atoms with van der Waals surface area (Å²) in [4.78, 5) is 32.2. The first-order chi connectivity index (χ1) is 20.4. The van der Waals surface area contributed by atoms with Gasteiger partial charge in [-0.1, -0.05) is 38.0 Å². The van der Waals surface area contributed by atoms with Crippen molar-refractivity contribution in [2.24, 2.45) is 0 Å². The van der Waals surface area contributed by atoms with Crippen LogP contribution in [0.3, 0.4) is 0 Å². The number of nitrogens with zero attached hydrogens (tertiary/aromatic N) is 2. The van der Waals surface area contributed by atoms with Crippen LogP contribution in [0.15, 0.2) is 53.9 Å². The van der Waals surface area contributed by atoms with Gasteiger partial charge in [0.05, 0.1) is 20.8 Å². The van der Waals surface area contributed by atoms with Gasteiger partial charge in [-0.15, -0.1) is 11.3 Å². The van der Waals surface area contributed by atoms with Gasteiger partial charge >= 0.3 is 0 Å². The highest BCUT2D eigenvalue weighted by Crippen LogP contribution is 2.28. The van der Waals surface area contributed by atoms with E-state index in [0.29, 0.717) is 56.1 Å². The van der Waals surface area contributed by atoms with Crippen LogP contribution in [0.1, 0.15) is 64.5 Å². The van der Waals surface area contributed by atoms with Crippen molar-refractivity contribution in [1.82, 2.24) is 9.80 Å². The van der Waals surface area contributed by atoms with Crippen molar-refractivity contribution >= 4 is 23.2 Å². The molecule has 0 spiro atoms. The molecule has 3 rings (SSSR count). The average Bonchev–Trinajstić information content (AvgIpc) is 3.42. The number of rotatable bonds is 18. The van der Waals surface area contributed by atoms with Gasteiger partial charge in [-0.3, -0.25) is 9.59 Å². The van der Waals surface area contributed by atoms with Crippen molar-refractivity contribution in [3.8, 4) is 11.5 Å². The Morgan fingerprint density at radius 1 is 0.810 bits per heavy atom. The molecule has 0 aliphatic rings. The predicted molar refractivity (Wildman–Crippen MR) is 170 cm³/mol. The number of methoxy groups -OCH3 is 3. The number of unbranched alkanes of at least 4 members (excludes halogenated alkanes) is 2. The molecular weight excluding hydrogens is 548 g/mol. The molecule has 42 heavy (non-hydrogen) atoms. The SMILES string of the molecule is CCCCCc1ccc(C(=O)N(CCCOC)CC(=O)N(CCc2ccc(OC)c(OC)c2)Cc2sccc2C)cc1. The fourth-order valence-electron chi connectivity index (χ4n) is 4.82. The summed E-state index contributed by atoms with van der Waals surface area (Å²) < 4.78 is 16.1. The number of benzene rings is 2. The summed E-state index contributed by atoms with van der Waals surface area (Å²) in [5, 5.41) is 2.05. The number of hydrogen-bond acceptors (Lipinski definition) is 6. The molecule has 1 aromatic heterocycles. The van der Waals surface area contributed by atoms with Gasteiger partial charge in [0.2, 0.25) is 5.91 Å². The van der Waals surface area contributed by atoms with E-state index in [2.05, 4.69) is 19.9 Å². The maximum atomic E-state index is 13.9. The number of carbonyl (C=O) groups is 2. The minimum Gasteiger partial charge on any atom is -0.493 e. The van der Waals surface area contributed by atoms with Gasteiger partial charge in [-0.2, -0.15) is 0 Å². The Labute approximate surface area is 255 Å². The Morgan fingerprint density at radius 3 is 2.19 bits per heavy atom. The van der Waals surface area contributed by atoms with Crippen LogP contribution in [0.5, 0.6) is 11.5 Å². The number of thiophene rings is 1. The Morgan fingerprint density at radius 2 is 1.55 bits per heavy atom. The highest BCUT2D eigenvalue weighted by molar-refractivity contribution is 7.10. The Hall–Kier alpha value is -3.36. The molecule has 0 atom stereocenters. The third-order valence-electron chi connectivity index (χ3n) is 7.43. The zero-order chi connectivity index (χ0) is 30.3. The molecule has 3 aromatic rings. The van der Waals surface area contributed by atoms with Gasteiger partial charge < -0.3 is 24.0 Å². The zero-order valence-corrected chi connectivity index (χ0v) is 26.6. The molecule has 0 aliphatic heterocycles. The van der Waals surface area contributed by atoms with Crippen molar-refractivity contribution in [3.63, 3.8) is 0 Å². The summed E-state index contributed by atoms with van der Waals surface area (Å²) in [5.74, 6) is 1.12. The molecule has 7 nitrogen and oxygen atoms in total. The molecule has 0 fully saturated rings. The highest BCUT2D eigenvalue weighted by atomic mass is 32.1. The van der Waals surface area contributed by atoms with Crippen LogP contribution >= 0.6 is 11.3 Å². The summed E-state index contributed by atoms with van der Waals surface area (Å²) in [6.07, 6.45) is 5.83. The first-order valence-corrected chi connectivity index (χ1v) is 15.7. The van der Waals surface area contributed by atoms with Gasteiger partial charge in [-0.25, -0.2) is 0 Å². The molecule has 8 heteroatoms. The molecule has 0 saturated carbocycles. The summed E-state index contributed by atoms with van der Waals surface area (Å²) in [5.41, 5.74) is 4.04. The Balaban J connectivity index is 1.77. The summed E-state index contributed by atoms with van der Waals surface area (Å²) in [6.45, 7) is 6.25. The maximum Gasteiger partial charge on any atom is 0.254 e. The van der Waals surface area contributed by atoms with Gasteiger partial charge in [0.1, 0.15) is 6.54 Å². The lowest BCUT2D eigenvalue weighted by atomic mass is 10.0. The quantitative estimate of drug-likeness (QED) is 0.156. The zero-order valence-electron chi connectivity index (χ0n) is 25.8. The highest BCUT2D eigenvalue weighted by Gasteiger charge is 2.23. The van der Waals surface area contributed by atoms with Crippen LogP contribution in [0.2, 0.25) is 0 Å². The van der Waals surface area contributed by atoms with E-state index in [9.17, 15) is 9.59 Å². The number of carbonyl (C=O) groups excluding carboxylic acids is 2. The molecule has 0 aliphatic carbocycles. The van der Waals surface area contributed by atoms with Crippen molar-refractivity contribution < 1.29 is 23.8 Å². The Bertz CT molecular complexity index is 1260. The van der Waals surface area contributed by atoms with Crippen LogP contribution in [-0.4, -0.2) is 69.2 Å². The van der Waals surface area contributed by atoms with Crippen molar-refractivity contribution in [3.05, 3.63) is 81.0 Å². The number of hydrogen-bond donors (Lipinski definition) is 0. The molecule has 0 radical (unpaired) electrons. The lowest BCUT2D eigenvalue weighted by molar-refractivity contribution is -0.132. The molecule has 2 amide bonds. The van der Waals surface area contributed by atoms with E-state index >= 15 is 0 Å². The van der Waals surface area contributed by atoms with E-state index in [1.807, 2.05) is 52.7 Å². The smallest absolute Gasteiger partial charge is 0.254 e. The fraction of sp³-hybridized carbons (Fsp3) is 0.471. The first-order valence-electron chi connectivity index (χ1n) is 14.8. The maximum absolute atomic E-state index is 13.9. The van der Waals surface area contributed by atoms with Crippen LogP contribution in [0.25, 0.3) is 0 Å². The molecule has 2 aromatic carbocycles. The van der Waals surface area contributed by atoms with E-state index in [0.717, 1.165) is 28.8 Å². The van der Waals surface area contributed by atoms with E-state index in [4.69, 9.17) is 14.2 Å². The van der Waals surface area contributed by atoms with Gasteiger partial charge in [-0.05, 0) is 85.0 Å². The molecular formula is C34H46N2O5S. The van der Waals surface area contributed by atoms with Crippen molar-refractivity contribution in [1.29, 1.82) is 0 Å². The Kier molecular flexibility index (Phi) is 13.9. The van der Waals surface area contributed by atoms with Crippen LogP contribution < -0.4 is 9.47 Å². The van der Waals surface area contributed by atoms with Crippen molar-refractivity contribution in [2.45, 2.75) is 58.9 Å².